The van der Waals surface area contributed by atoms with Crippen LogP contribution in [0.1, 0.15) is 121 Å². The first-order valence-corrected chi connectivity index (χ1v) is 15.2. The lowest BCUT2D eigenvalue weighted by Crippen LogP contribution is -2.61. The van der Waals surface area contributed by atoms with Crippen LogP contribution in [-0.2, 0) is 6.42 Å². The minimum Gasteiger partial charge on any atom is -0.298 e. The molecule has 0 amide bonds. The summed E-state index contributed by atoms with van der Waals surface area (Å²) in [4.78, 5) is 11.5. The minimum atomic E-state index is 0.471. The van der Waals surface area contributed by atoms with Crippen molar-refractivity contribution in [3.05, 3.63) is 35.4 Å². The fourth-order valence-corrected chi connectivity index (χ4v) is 12.4. The molecule has 0 aromatic heterocycles. The summed E-state index contributed by atoms with van der Waals surface area (Å²) in [5.74, 6) is 5.46. The highest BCUT2D eigenvalue weighted by Gasteiger charge is 2.65. The smallest absolute Gasteiger partial charge is 0.150 e. The van der Waals surface area contributed by atoms with Gasteiger partial charge in [0.05, 0.1) is 0 Å². The maximum Gasteiger partial charge on any atom is 0.150 e. The van der Waals surface area contributed by atoms with E-state index in [0.29, 0.717) is 21.7 Å². The fraction of sp³-hybridized carbons (Fsp3) is 0.794. The van der Waals surface area contributed by atoms with E-state index in [4.69, 9.17) is 0 Å². The SMILES string of the molecule is CC1CCC2(Cc3cccc(C=O)c3)CCC3C(CCC4C3(C)CCC3C(C)(C)CCCC34C)C12. The third-order valence-electron chi connectivity index (χ3n) is 13.5. The second-order valence-corrected chi connectivity index (χ2v) is 15.3. The van der Waals surface area contributed by atoms with Gasteiger partial charge in [-0.15, -0.1) is 0 Å². The Hall–Kier alpha value is -1.11. The Bertz CT molecular complexity index is 977. The van der Waals surface area contributed by atoms with Gasteiger partial charge in [-0.3, -0.25) is 4.79 Å². The molecule has 5 fully saturated rings. The Morgan fingerprint density at radius 2 is 1.66 bits per heavy atom. The quantitative estimate of drug-likeness (QED) is 0.399. The van der Waals surface area contributed by atoms with Crippen molar-refractivity contribution in [1.29, 1.82) is 0 Å². The number of carbonyl (C=O) groups excluding carboxylic acids is 1. The summed E-state index contributed by atoms with van der Waals surface area (Å²) in [6, 6.07) is 8.54. The van der Waals surface area contributed by atoms with Crippen molar-refractivity contribution >= 4 is 6.29 Å². The number of carbonyl (C=O) groups is 1. The first-order valence-electron chi connectivity index (χ1n) is 15.2. The predicted molar refractivity (Wildman–Crippen MR) is 145 cm³/mol. The Morgan fingerprint density at radius 1 is 0.857 bits per heavy atom. The van der Waals surface area contributed by atoms with Gasteiger partial charge in [0.1, 0.15) is 6.29 Å². The van der Waals surface area contributed by atoms with E-state index >= 15 is 0 Å². The summed E-state index contributed by atoms with van der Waals surface area (Å²) >= 11 is 0. The third kappa shape index (κ3) is 3.49. The maximum absolute atomic E-state index is 11.5. The number of hydrogen-bond acceptors (Lipinski definition) is 1. The molecule has 9 unspecified atom stereocenters. The minimum absolute atomic E-state index is 0.471. The molecule has 0 spiro atoms. The summed E-state index contributed by atoms with van der Waals surface area (Å²) < 4.78 is 0. The standard InChI is InChI=1S/C34H50O/c1-23-12-18-34(21-24-8-6-9-25(20-24)22-35)19-13-27-26(30(23)34)10-11-29-32(27,4)17-14-28-31(2,3)15-7-16-33(28,29)5/h6,8-9,20,22-23,26-30H,7,10-19,21H2,1-5H3. The van der Waals surface area contributed by atoms with Crippen LogP contribution < -0.4 is 0 Å². The monoisotopic (exact) mass is 474 g/mol. The van der Waals surface area contributed by atoms with Crippen molar-refractivity contribution in [2.45, 2.75) is 112 Å². The molecule has 5 aliphatic rings. The second-order valence-electron chi connectivity index (χ2n) is 15.3. The van der Waals surface area contributed by atoms with Crippen molar-refractivity contribution in [3.63, 3.8) is 0 Å². The van der Waals surface area contributed by atoms with Crippen LogP contribution >= 0.6 is 0 Å². The lowest BCUT2D eigenvalue weighted by atomic mass is 9.36. The summed E-state index contributed by atoms with van der Waals surface area (Å²) in [5, 5.41) is 0. The molecular weight excluding hydrogens is 424 g/mol. The average molecular weight is 475 g/mol. The molecule has 0 radical (unpaired) electrons. The van der Waals surface area contributed by atoms with E-state index in [1.807, 2.05) is 6.07 Å². The fourth-order valence-electron chi connectivity index (χ4n) is 12.4. The molecule has 9 atom stereocenters. The van der Waals surface area contributed by atoms with Crippen LogP contribution in [0.5, 0.6) is 0 Å². The first-order chi connectivity index (χ1) is 16.6. The van der Waals surface area contributed by atoms with Crippen molar-refractivity contribution in [3.8, 4) is 0 Å². The van der Waals surface area contributed by atoms with E-state index in [1.54, 1.807) is 0 Å². The van der Waals surface area contributed by atoms with Gasteiger partial charge in [-0.25, -0.2) is 0 Å². The Labute approximate surface area is 215 Å². The molecule has 1 nitrogen and oxygen atoms in total. The van der Waals surface area contributed by atoms with Gasteiger partial charge in [0.15, 0.2) is 0 Å². The van der Waals surface area contributed by atoms with E-state index < -0.39 is 0 Å². The maximum atomic E-state index is 11.5. The molecule has 0 N–H and O–H groups in total. The second kappa shape index (κ2) is 8.19. The van der Waals surface area contributed by atoms with Crippen LogP contribution in [0.3, 0.4) is 0 Å². The van der Waals surface area contributed by atoms with Crippen LogP contribution in [0.4, 0.5) is 0 Å². The molecule has 1 heteroatoms. The molecule has 0 saturated heterocycles. The largest absolute Gasteiger partial charge is 0.298 e. The highest BCUT2D eigenvalue weighted by atomic mass is 16.1. The molecule has 6 rings (SSSR count). The van der Waals surface area contributed by atoms with Crippen LogP contribution in [0.25, 0.3) is 0 Å². The van der Waals surface area contributed by atoms with E-state index in [-0.39, 0.29) is 0 Å². The van der Waals surface area contributed by atoms with Crippen LogP contribution in [0, 0.1) is 57.2 Å². The Kier molecular flexibility index (Phi) is 5.67. The van der Waals surface area contributed by atoms with Crippen molar-refractivity contribution in [2.75, 3.05) is 0 Å². The van der Waals surface area contributed by atoms with E-state index in [2.05, 4.69) is 52.8 Å². The molecular formula is C34H50O. The van der Waals surface area contributed by atoms with E-state index in [1.165, 1.54) is 82.6 Å². The molecule has 192 valence electrons. The van der Waals surface area contributed by atoms with Crippen LogP contribution in [-0.4, -0.2) is 6.29 Å². The summed E-state index contributed by atoms with van der Waals surface area (Å²) in [6.07, 6.45) is 18.2. The molecule has 1 aromatic rings. The molecule has 0 heterocycles. The van der Waals surface area contributed by atoms with Crippen LogP contribution in [0.15, 0.2) is 24.3 Å². The van der Waals surface area contributed by atoms with Gasteiger partial charge in [0, 0.05) is 5.56 Å². The van der Waals surface area contributed by atoms with Gasteiger partial charge in [-0.05, 0) is 139 Å². The number of aldehydes is 1. The molecule has 1 aromatic carbocycles. The summed E-state index contributed by atoms with van der Waals surface area (Å²) in [7, 11) is 0. The summed E-state index contributed by atoms with van der Waals surface area (Å²) in [5.41, 5.74) is 4.37. The highest BCUT2D eigenvalue weighted by molar-refractivity contribution is 5.74. The van der Waals surface area contributed by atoms with Crippen molar-refractivity contribution in [2.24, 2.45) is 57.2 Å². The molecule has 35 heavy (non-hydrogen) atoms. The lowest BCUT2D eigenvalue weighted by Gasteiger charge is -2.69. The Morgan fingerprint density at radius 3 is 2.46 bits per heavy atom. The average Bonchev–Trinajstić information content (AvgIpc) is 3.14. The zero-order valence-electron chi connectivity index (χ0n) is 23.2. The predicted octanol–water partition coefficient (Wildman–Crippen LogP) is 9.14. The molecule has 0 aliphatic heterocycles. The van der Waals surface area contributed by atoms with Gasteiger partial charge < -0.3 is 0 Å². The zero-order valence-corrected chi connectivity index (χ0v) is 23.2. The van der Waals surface area contributed by atoms with Crippen molar-refractivity contribution < 1.29 is 4.79 Å². The van der Waals surface area contributed by atoms with E-state index in [9.17, 15) is 4.79 Å². The van der Waals surface area contributed by atoms with Gasteiger partial charge in [0.2, 0.25) is 0 Å². The van der Waals surface area contributed by atoms with Crippen molar-refractivity contribution in [1.82, 2.24) is 0 Å². The molecule has 5 saturated carbocycles. The Balaban J connectivity index is 1.31. The number of benzene rings is 1. The molecule has 0 bridgehead atoms. The van der Waals surface area contributed by atoms with Gasteiger partial charge >= 0.3 is 0 Å². The van der Waals surface area contributed by atoms with E-state index in [0.717, 1.165) is 47.4 Å². The molecule has 5 aliphatic carbocycles. The van der Waals surface area contributed by atoms with Gasteiger partial charge in [-0.2, -0.15) is 0 Å². The number of rotatable bonds is 3. The van der Waals surface area contributed by atoms with Gasteiger partial charge in [0.25, 0.3) is 0 Å². The zero-order chi connectivity index (χ0) is 24.6. The normalized spacial score (nSPS) is 48.3. The first kappa shape index (κ1) is 24.2. The topological polar surface area (TPSA) is 17.1 Å². The van der Waals surface area contributed by atoms with Crippen LogP contribution in [0.2, 0.25) is 0 Å². The summed E-state index contributed by atoms with van der Waals surface area (Å²) in [6.45, 7) is 13.3. The number of fused-ring (bicyclic) bond motifs is 7. The highest BCUT2D eigenvalue weighted by Crippen LogP contribution is 2.73. The third-order valence-corrected chi connectivity index (χ3v) is 13.5. The number of hydrogen-bond donors (Lipinski definition) is 0. The van der Waals surface area contributed by atoms with Gasteiger partial charge in [-0.1, -0.05) is 59.2 Å². The lowest BCUT2D eigenvalue weighted by molar-refractivity contribution is -0.197.